The van der Waals surface area contributed by atoms with Crippen LogP contribution < -0.4 is 25.6 Å². The molecule has 8 nitrogen and oxygen atoms in total. The summed E-state index contributed by atoms with van der Waals surface area (Å²) < 4.78 is 5.34. The van der Waals surface area contributed by atoms with E-state index in [0.717, 1.165) is 64.1 Å². The van der Waals surface area contributed by atoms with Crippen molar-refractivity contribution in [1.82, 2.24) is 10.2 Å². The highest BCUT2D eigenvalue weighted by Gasteiger charge is 2.24. The summed E-state index contributed by atoms with van der Waals surface area (Å²) in [6, 6.07) is 23.2. The van der Waals surface area contributed by atoms with Gasteiger partial charge in [-0.05, 0) is 48.7 Å². The number of nitrogens with zero attached hydrogens (tertiary/aromatic N) is 2. The first kappa shape index (κ1) is 27.5. The number of nitrogens with one attached hydrogen (secondary N) is 3. The smallest absolute Gasteiger partial charge is 0.323 e. The predicted octanol–water partition coefficient (Wildman–Crippen LogP) is 5.72. The lowest BCUT2D eigenvalue weighted by Gasteiger charge is -2.37. The van der Waals surface area contributed by atoms with Gasteiger partial charge in [0.05, 0.1) is 18.4 Å². The topological polar surface area (TPSA) is 85.9 Å². The monoisotopic (exact) mass is 541 g/mol. The Kier molecular flexibility index (Phi) is 9.18. The quantitative estimate of drug-likeness (QED) is 0.339. The zero-order chi connectivity index (χ0) is 27.7. The van der Waals surface area contributed by atoms with Crippen LogP contribution in [0.25, 0.3) is 0 Å². The highest BCUT2D eigenvalue weighted by Crippen LogP contribution is 2.28. The second kappa shape index (κ2) is 13.3. The van der Waals surface area contributed by atoms with Crippen LogP contribution in [0.5, 0.6) is 5.75 Å². The third-order valence-corrected chi connectivity index (χ3v) is 7.76. The van der Waals surface area contributed by atoms with E-state index < -0.39 is 6.03 Å². The van der Waals surface area contributed by atoms with Gasteiger partial charge in [0.1, 0.15) is 5.75 Å². The van der Waals surface area contributed by atoms with E-state index in [0.29, 0.717) is 22.7 Å². The summed E-state index contributed by atoms with van der Waals surface area (Å²) in [5, 5.41) is 9.00. The van der Waals surface area contributed by atoms with E-state index in [9.17, 15) is 9.59 Å². The molecule has 3 aromatic rings. The summed E-state index contributed by atoms with van der Waals surface area (Å²) in [4.78, 5) is 31.2. The third-order valence-electron chi connectivity index (χ3n) is 7.76. The molecule has 2 fully saturated rings. The number of rotatable bonds is 8. The lowest BCUT2D eigenvalue weighted by Crippen LogP contribution is -2.46. The zero-order valence-corrected chi connectivity index (χ0v) is 23.2. The largest absolute Gasteiger partial charge is 0.495 e. The Labute approximate surface area is 236 Å². The number of urea groups is 1. The van der Waals surface area contributed by atoms with Gasteiger partial charge in [0, 0.05) is 50.1 Å². The molecule has 0 aromatic heterocycles. The van der Waals surface area contributed by atoms with Crippen molar-refractivity contribution >= 4 is 29.0 Å². The number of methoxy groups -OCH3 is 1. The van der Waals surface area contributed by atoms with Crippen molar-refractivity contribution in [2.45, 2.75) is 44.7 Å². The first-order valence-electron chi connectivity index (χ1n) is 14.3. The van der Waals surface area contributed by atoms with E-state index in [-0.39, 0.29) is 11.9 Å². The van der Waals surface area contributed by atoms with Gasteiger partial charge in [-0.1, -0.05) is 61.7 Å². The number of carbonyl (C=O) groups is 2. The Balaban J connectivity index is 1.30. The van der Waals surface area contributed by atoms with Gasteiger partial charge in [0.25, 0.3) is 5.91 Å². The lowest BCUT2D eigenvalue weighted by molar-refractivity contribution is 0.0928. The summed E-state index contributed by atoms with van der Waals surface area (Å²) in [5.74, 6) is 0.495. The molecule has 1 saturated carbocycles. The minimum atomic E-state index is -0.398. The molecule has 1 heterocycles. The average Bonchev–Trinajstić information content (AvgIpc) is 2.99. The molecule has 0 bridgehead atoms. The molecular weight excluding hydrogens is 502 g/mol. The first-order chi connectivity index (χ1) is 19.6. The highest BCUT2D eigenvalue weighted by atomic mass is 16.5. The standard InChI is InChI=1S/C32H39N5O3/c1-40-30-15-9-8-14-28(30)35-32(39)34-26-16-17-29(27(22-26)31(38)33-25-12-6-3-7-13-25)37-20-18-36(19-21-37)23-24-10-4-2-5-11-24/h2,4-5,8-11,14-17,22,25H,3,6-7,12-13,18-21,23H2,1H3,(H,33,38)(H2,34,35,39). The molecule has 3 aromatic carbocycles. The average molecular weight is 542 g/mol. The highest BCUT2D eigenvalue weighted by molar-refractivity contribution is 6.04. The van der Waals surface area contributed by atoms with Gasteiger partial charge in [-0.3, -0.25) is 9.69 Å². The number of benzene rings is 3. The van der Waals surface area contributed by atoms with E-state index in [4.69, 9.17) is 4.74 Å². The van der Waals surface area contributed by atoms with E-state index in [2.05, 4.69) is 50.0 Å². The molecule has 40 heavy (non-hydrogen) atoms. The fourth-order valence-electron chi connectivity index (χ4n) is 5.60. The van der Waals surface area contributed by atoms with Crippen molar-refractivity contribution < 1.29 is 14.3 Å². The molecule has 0 radical (unpaired) electrons. The Morgan fingerprint density at radius 2 is 1.57 bits per heavy atom. The van der Waals surface area contributed by atoms with Crippen LogP contribution in [0.3, 0.4) is 0 Å². The fraction of sp³-hybridized carbons (Fsp3) is 0.375. The summed E-state index contributed by atoms with van der Waals surface area (Å²) in [5.41, 5.74) is 3.95. The summed E-state index contributed by atoms with van der Waals surface area (Å²) in [6.45, 7) is 4.42. The third kappa shape index (κ3) is 7.12. The van der Waals surface area contributed by atoms with Crippen LogP contribution in [-0.2, 0) is 6.54 Å². The van der Waals surface area contributed by atoms with E-state index in [1.165, 1.54) is 12.0 Å². The van der Waals surface area contributed by atoms with Gasteiger partial charge >= 0.3 is 6.03 Å². The van der Waals surface area contributed by atoms with Crippen LogP contribution in [0, 0.1) is 0 Å². The van der Waals surface area contributed by atoms with Crippen LogP contribution >= 0.6 is 0 Å². The van der Waals surface area contributed by atoms with Crippen LogP contribution in [-0.4, -0.2) is 56.2 Å². The van der Waals surface area contributed by atoms with Gasteiger partial charge in [0.15, 0.2) is 0 Å². The van der Waals surface area contributed by atoms with Crippen LogP contribution in [0.15, 0.2) is 72.8 Å². The van der Waals surface area contributed by atoms with E-state index in [1.807, 2.05) is 30.3 Å². The van der Waals surface area contributed by atoms with Crippen molar-refractivity contribution in [3.05, 3.63) is 83.9 Å². The molecule has 0 unspecified atom stereocenters. The van der Waals surface area contributed by atoms with E-state index in [1.54, 1.807) is 25.3 Å². The van der Waals surface area contributed by atoms with Crippen molar-refractivity contribution in [3.63, 3.8) is 0 Å². The van der Waals surface area contributed by atoms with Crippen LogP contribution in [0.1, 0.15) is 48.0 Å². The molecule has 2 aliphatic rings. The van der Waals surface area contributed by atoms with Gasteiger partial charge in [0.2, 0.25) is 0 Å². The van der Waals surface area contributed by atoms with Crippen LogP contribution in [0.4, 0.5) is 21.9 Å². The molecule has 1 saturated heterocycles. The number of carbonyl (C=O) groups excluding carboxylic acids is 2. The number of amides is 3. The maximum atomic E-state index is 13.6. The van der Waals surface area contributed by atoms with Gasteiger partial charge in [-0.25, -0.2) is 4.79 Å². The normalized spacial score (nSPS) is 16.3. The van der Waals surface area contributed by atoms with Gasteiger partial charge < -0.3 is 25.6 Å². The number of anilines is 3. The second-order valence-corrected chi connectivity index (χ2v) is 10.6. The summed E-state index contributed by atoms with van der Waals surface area (Å²) in [7, 11) is 1.57. The Morgan fingerprint density at radius 3 is 2.33 bits per heavy atom. The molecule has 8 heteroatoms. The molecule has 1 aliphatic carbocycles. The van der Waals surface area contributed by atoms with Crippen molar-refractivity contribution in [2.75, 3.05) is 48.8 Å². The summed E-state index contributed by atoms with van der Waals surface area (Å²) >= 11 is 0. The van der Waals surface area contributed by atoms with Gasteiger partial charge in [-0.15, -0.1) is 0 Å². The molecule has 0 atom stereocenters. The summed E-state index contributed by atoms with van der Waals surface area (Å²) in [6.07, 6.45) is 5.54. The first-order valence-corrected chi connectivity index (χ1v) is 14.3. The number of piperazine rings is 1. The molecule has 1 aliphatic heterocycles. The fourth-order valence-corrected chi connectivity index (χ4v) is 5.60. The minimum Gasteiger partial charge on any atom is -0.495 e. The predicted molar refractivity (Wildman–Crippen MR) is 160 cm³/mol. The van der Waals surface area contributed by atoms with E-state index >= 15 is 0 Å². The number of hydrogen-bond acceptors (Lipinski definition) is 5. The molecular formula is C32H39N5O3. The zero-order valence-electron chi connectivity index (χ0n) is 23.2. The van der Waals surface area contributed by atoms with Crippen LogP contribution in [0.2, 0.25) is 0 Å². The molecule has 3 N–H and O–H groups in total. The number of hydrogen-bond donors (Lipinski definition) is 3. The minimum absolute atomic E-state index is 0.0811. The second-order valence-electron chi connectivity index (χ2n) is 10.6. The van der Waals surface area contributed by atoms with Gasteiger partial charge in [-0.2, -0.15) is 0 Å². The van der Waals surface area contributed by atoms with Crippen molar-refractivity contribution in [3.8, 4) is 5.75 Å². The Hall–Kier alpha value is -4.04. The number of para-hydroxylation sites is 2. The molecule has 210 valence electrons. The Morgan fingerprint density at radius 1 is 0.850 bits per heavy atom. The lowest BCUT2D eigenvalue weighted by atomic mass is 9.95. The molecule has 0 spiro atoms. The molecule has 5 rings (SSSR count). The van der Waals surface area contributed by atoms with Crippen molar-refractivity contribution in [2.24, 2.45) is 0 Å². The Bertz CT molecular complexity index is 1280. The number of ether oxygens (including phenoxy) is 1. The molecule has 3 amide bonds. The SMILES string of the molecule is COc1ccccc1NC(=O)Nc1ccc(N2CCN(Cc3ccccc3)CC2)c(C(=O)NC2CCCCC2)c1. The van der Waals surface area contributed by atoms with Crippen molar-refractivity contribution in [1.29, 1.82) is 0 Å². The maximum Gasteiger partial charge on any atom is 0.323 e. The maximum absolute atomic E-state index is 13.6.